The molecule has 0 saturated carbocycles. The molecule has 0 fully saturated rings. The lowest BCUT2D eigenvalue weighted by molar-refractivity contribution is 1.01. The lowest BCUT2D eigenvalue weighted by Crippen LogP contribution is -2.00. The van der Waals surface area contributed by atoms with Crippen molar-refractivity contribution >= 4 is 76.3 Å². The standard InChI is InChI=1S/C43H26N6/c1-2-11-28(12-3-1)47-39-19-18-29(22-32(39)35-26-44-21-20-40(35)47)48-37-16-8-5-13-30(37)33-24-42-34(23-41(33)48)31-14-6-9-17-38(31)49(42)43-45-25-27-10-4-7-15-36(27)46-43/h1-26H. The number of pyridine rings is 1. The van der Waals surface area contributed by atoms with Gasteiger partial charge in [-0.15, -0.1) is 0 Å². The van der Waals surface area contributed by atoms with Gasteiger partial charge in [-0.25, -0.2) is 9.97 Å². The second-order valence-corrected chi connectivity index (χ2v) is 12.6. The third-order valence-corrected chi connectivity index (χ3v) is 9.97. The summed E-state index contributed by atoms with van der Waals surface area (Å²) in [7, 11) is 0. The molecule has 0 aliphatic carbocycles. The van der Waals surface area contributed by atoms with Gasteiger partial charge < -0.3 is 9.13 Å². The monoisotopic (exact) mass is 626 g/mol. The van der Waals surface area contributed by atoms with E-state index >= 15 is 0 Å². The first-order chi connectivity index (χ1) is 24.3. The zero-order valence-electron chi connectivity index (χ0n) is 26.2. The molecule has 0 N–H and O–H groups in total. The van der Waals surface area contributed by atoms with E-state index in [-0.39, 0.29) is 0 Å². The maximum atomic E-state index is 5.03. The molecular weight excluding hydrogens is 601 g/mol. The number of benzene rings is 6. The van der Waals surface area contributed by atoms with E-state index in [4.69, 9.17) is 9.97 Å². The summed E-state index contributed by atoms with van der Waals surface area (Å²) in [5, 5.41) is 8.03. The number of fused-ring (bicyclic) bond motifs is 10. The predicted molar refractivity (Wildman–Crippen MR) is 200 cm³/mol. The van der Waals surface area contributed by atoms with Gasteiger partial charge in [0.15, 0.2) is 0 Å². The van der Waals surface area contributed by atoms with Crippen LogP contribution in [0.4, 0.5) is 0 Å². The molecule has 0 bridgehead atoms. The van der Waals surface area contributed by atoms with E-state index in [0.29, 0.717) is 5.95 Å². The van der Waals surface area contributed by atoms with Crippen LogP contribution in [-0.4, -0.2) is 28.7 Å². The summed E-state index contributed by atoms with van der Waals surface area (Å²) in [5.74, 6) is 0.668. The molecule has 6 aromatic carbocycles. The minimum atomic E-state index is 0.668. The first-order valence-electron chi connectivity index (χ1n) is 16.4. The highest BCUT2D eigenvalue weighted by Crippen LogP contribution is 2.40. The third kappa shape index (κ3) is 3.68. The molecule has 6 heteroatoms. The molecule has 49 heavy (non-hydrogen) atoms. The van der Waals surface area contributed by atoms with Crippen molar-refractivity contribution in [3.8, 4) is 17.3 Å². The smallest absolute Gasteiger partial charge is 0.235 e. The van der Waals surface area contributed by atoms with Crippen LogP contribution < -0.4 is 0 Å². The van der Waals surface area contributed by atoms with E-state index in [9.17, 15) is 0 Å². The van der Waals surface area contributed by atoms with Crippen LogP contribution in [0, 0.1) is 0 Å². The molecule has 0 atom stereocenters. The fourth-order valence-electron chi connectivity index (χ4n) is 7.84. The predicted octanol–water partition coefficient (Wildman–Crippen LogP) is 10.3. The zero-order chi connectivity index (χ0) is 32.1. The zero-order valence-corrected chi connectivity index (χ0v) is 26.2. The number of rotatable bonds is 3. The van der Waals surface area contributed by atoms with Gasteiger partial charge in [0.2, 0.25) is 5.95 Å². The van der Waals surface area contributed by atoms with Gasteiger partial charge in [-0.05, 0) is 66.7 Å². The van der Waals surface area contributed by atoms with Crippen LogP contribution in [-0.2, 0) is 0 Å². The van der Waals surface area contributed by atoms with Crippen LogP contribution in [0.15, 0.2) is 158 Å². The minimum Gasteiger partial charge on any atom is -0.309 e. The molecule has 228 valence electrons. The minimum absolute atomic E-state index is 0.668. The van der Waals surface area contributed by atoms with Gasteiger partial charge in [0.25, 0.3) is 0 Å². The Hall–Kier alpha value is -6.79. The maximum Gasteiger partial charge on any atom is 0.235 e. The Bertz CT molecular complexity index is 3110. The largest absolute Gasteiger partial charge is 0.309 e. The van der Waals surface area contributed by atoms with Crippen molar-refractivity contribution in [3.05, 3.63) is 158 Å². The molecule has 11 aromatic rings. The fraction of sp³-hybridized carbons (Fsp3) is 0. The van der Waals surface area contributed by atoms with Crippen molar-refractivity contribution in [2.75, 3.05) is 0 Å². The molecule has 0 amide bonds. The molecule has 5 heterocycles. The van der Waals surface area contributed by atoms with Gasteiger partial charge in [-0.3, -0.25) is 9.55 Å². The number of nitrogens with zero attached hydrogens (tertiary/aromatic N) is 6. The molecular formula is C43H26N6. The summed E-state index contributed by atoms with van der Waals surface area (Å²) in [6.45, 7) is 0. The first kappa shape index (κ1) is 26.3. The van der Waals surface area contributed by atoms with Crippen molar-refractivity contribution in [2.24, 2.45) is 0 Å². The molecule has 0 spiro atoms. The Morgan fingerprint density at radius 3 is 1.82 bits per heavy atom. The number of hydrogen-bond donors (Lipinski definition) is 0. The normalized spacial score (nSPS) is 12.1. The summed E-state index contributed by atoms with van der Waals surface area (Å²) < 4.78 is 6.94. The van der Waals surface area contributed by atoms with Crippen LogP contribution in [0.5, 0.6) is 0 Å². The topological polar surface area (TPSA) is 53.5 Å². The van der Waals surface area contributed by atoms with E-state index in [1.165, 1.54) is 21.5 Å². The molecule has 0 radical (unpaired) electrons. The first-order valence-corrected chi connectivity index (χ1v) is 16.4. The Balaban J connectivity index is 1.22. The molecule has 6 nitrogen and oxygen atoms in total. The summed E-state index contributed by atoms with van der Waals surface area (Å²) in [6, 6.07) is 49.5. The highest BCUT2D eigenvalue weighted by atomic mass is 15.2. The van der Waals surface area contributed by atoms with E-state index in [0.717, 1.165) is 66.2 Å². The number of para-hydroxylation sites is 4. The van der Waals surface area contributed by atoms with Crippen LogP contribution in [0.3, 0.4) is 0 Å². The second-order valence-electron chi connectivity index (χ2n) is 12.6. The quantitative estimate of drug-likeness (QED) is 0.196. The van der Waals surface area contributed by atoms with E-state index in [1.807, 2.05) is 36.8 Å². The van der Waals surface area contributed by atoms with Gasteiger partial charge in [-0.1, -0.05) is 72.8 Å². The highest BCUT2D eigenvalue weighted by Gasteiger charge is 2.20. The fourth-order valence-corrected chi connectivity index (χ4v) is 7.84. The maximum absolute atomic E-state index is 5.03. The molecule has 0 aliphatic heterocycles. The summed E-state index contributed by atoms with van der Waals surface area (Å²) in [5.41, 5.74) is 9.94. The molecule has 0 unspecified atom stereocenters. The van der Waals surface area contributed by atoms with Crippen molar-refractivity contribution in [3.63, 3.8) is 0 Å². The SMILES string of the molecule is c1ccc(-n2c3ccncc3c3cc(-n4c5ccccc5c5cc6c(cc54)c4ccccc4n6-c4ncc5ccccc5n4)ccc32)cc1. The average Bonchev–Trinajstić information content (AvgIpc) is 3.79. The van der Waals surface area contributed by atoms with E-state index in [1.54, 1.807) is 0 Å². The average molecular weight is 627 g/mol. The molecule has 0 saturated heterocycles. The van der Waals surface area contributed by atoms with Crippen LogP contribution in [0.1, 0.15) is 0 Å². The number of aromatic nitrogens is 6. The number of hydrogen-bond acceptors (Lipinski definition) is 3. The summed E-state index contributed by atoms with van der Waals surface area (Å²) >= 11 is 0. The van der Waals surface area contributed by atoms with Gasteiger partial charge in [0, 0.05) is 67.7 Å². The lowest BCUT2D eigenvalue weighted by atomic mass is 10.1. The molecule has 0 aliphatic rings. The van der Waals surface area contributed by atoms with Crippen LogP contribution >= 0.6 is 0 Å². The van der Waals surface area contributed by atoms with E-state index < -0.39 is 0 Å². The Morgan fingerprint density at radius 2 is 1.00 bits per heavy atom. The van der Waals surface area contributed by atoms with Gasteiger partial charge in [0.05, 0.1) is 38.6 Å². The van der Waals surface area contributed by atoms with Crippen molar-refractivity contribution in [1.29, 1.82) is 0 Å². The van der Waals surface area contributed by atoms with Crippen molar-refractivity contribution < 1.29 is 0 Å². The summed E-state index contributed by atoms with van der Waals surface area (Å²) in [6.07, 6.45) is 5.78. The molecule has 5 aromatic heterocycles. The Labute approximate surface area is 279 Å². The van der Waals surface area contributed by atoms with Gasteiger partial charge in [0.1, 0.15) is 0 Å². The summed E-state index contributed by atoms with van der Waals surface area (Å²) in [4.78, 5) is 14.4. The highest BCUT2D eigenvalue weighted by molar-refractivity contribution is 6.19. The second kappa shape index (κ2) is 9.86. The van der Waals surface area contributed by atoms with Gasteiger partial charge >= 0.3 is 0 Å². The molecule has 11 rings (SSSR count). The Morgan fingerprint density at radius 1 is 0.388 bits per heavy atom. The third-order valence-electron chi connectivity index (χ3n) is 9.97. The van der Waals surface area contributed by atoms with Crippen molar-refractivity contribution in [2.45, 2.75) is 0 Å². The van der Waals surface area contributed by atoms with Crippen LogP contribution in [0.2, 0.25) is 0 Å². The van der Waals surface area contributed by atoms with E-state index in [2.05, 4.69) is 140 Å². The Kier molecular flexibility index (Phi) is 5.29. The van der Waals surface area contributed by atoms with Crippen molar-refractivity contribution in [1.82, 2.24) is 28.7 Å². The van der Waals surface area contributed by atoms with Gasteiger partial charge in [-0.2, -0.15) is 0 Å². The van der Waals surface area contributed by atoms with Crippen LogP contribution in [0.25, 0.3) is 93.6 Å². The lowest BCUT2D eigenvalue weighted by Gasteiger charge is -2.10.